The van der Waals surface area contributed by atoms with Gasteiger partial charge in [0.05, 0.1) is 26.8 Å². The van der Waals surface area contributed by atoms with Crippen molar-refractivity contribution in [3.63, 3.8) is 0 Å². The van der Waals surface area contributed by atoms with Gasteiger partial charge in [0.15, 0.2) is 0 Å². The molecule has 0 radical (unpaired) electrons. The Bertz CT molecular complexity index is 2300. The van der Waals surface area contributed by atoms with Crippen molar-refractivity contribution >= 4 is 80.5 Å². The monoisotopic (exact) mass is 474 g/mol. The zero-order chi connectivity index (χ0) is 23.4. The number of benzene rings is 5. The van der Waals surface area contributed by atoms with Gasteiger partial charge in [-0.25, -0.2) is 0 Å². The van der Waals surface area contributed by atoms with E-state index < -0.39 is 0 Å². The first-order chi connectivity index (χ1) is 17.8. The molecule has 9 rings (SSSR count). The third kappa shape index (κ3) is 2.29. The summed E-state index contributed by atoms with van der Waals surface area (Å²) in [6, 6.07) is 38.0. The molecule has 0 saturated heterocycles. The van der Waals surface area contributed by atoms with Crippen molar-refractivity contribution in [1.29, 1.82) is 0 Å². The van der Waals surface area contributed by atoms with E-state index in [4.69, 9.17) is 0 Å². The van der Waals surface area contributed by atoms with E-state index in [2.05, 4.69) is 106 Å². The molecular formula is C33H18N2S. The van der Waals surface area contributed by atoms with Gasteiger partial charge in [-0.2, -0.15) is 0 Å². The summed E-state index contributed by atoms with van der Waals surface area (Å²) in [6.45, 7) is 0. The lowest BCUT2D eigenvalue weighted by Gasteiger charge is -2.12. The van der Waals surface area contributed by atoms with E-state index in [1.54, 1.807) is 0 Å². The first-order valence-corrected chi connectivity index (χ1v) is 13.0. The number of nitrogens with zero attached hydrogens (tertiary/aromatic N) is 2. The zero-order valence-corrected chi connectivity index (χ0v) is 20.0. The zero-order valence-electron chi connectivity index (χ0n) is 19.2. The lowest BCUT2D eigenvalue weighted by Crippen LogP contribution is -1.91. The quantitative estimate of drug-likeness (QED) is 0.171. The summed E-state index contributed by atoms with van der Waals surface area (Å²) in [7, 11) is 0. The number of pyridine rings is 2. The second kappa shape index (κ2) is 6.60. The largest absolute Gasteiger partial charge is 0.308 e. The van der Waals surface area contributed by atoms with Crippen LogP contribution in [0.15, 0.2) is 109 Å². The molecule has 0 aliphatic heterocycles. The van der Waals surface area contributed by atoms with E-state index in [-0.39, 0.29) is 0 Å². The molecule has 3 heteroatoms. The Kier molecular flexibility index (Phi) is 3.45. The highest BCUT2D eigenvalue weighted by Gasteiger charge is 2.18. The van der Waals surface area contributed by atoms with E-state index >= 15 is 0 Å². The Morgan fingerprint density at radius 1 is 0.556 bits per heavy atom. The molecule has 0 saturated carbocycles. The fourth-order valence-corrected chi connectivity index (χ4v) is 7.25. The molecule has 5 aromatic carbocycles. The average Bonchev–Trinajstić information content (AvgIpc) is 3.48. The molecule has 0 spiro atoms. The van der Waals surface area contributed by atoms with Crippen LogP contribution in [0, 0.1) is 0 Å². The Labute approximate surface area is 210 Å². The fourth-order valence-electron chi connectivity index (χ4n) is 6.20. The Balaban J connectivity index is 1.40. The second-order valence-electron chi connectivity index (χ2n) is 9.61. The van der Waals surface area contributed by atoms with Gasteiger partial charge in [-0.3, -0.25) is 4.98 Å². The third-order valence-corrected chi connectivity index (χ3v) is 8.89. The highest BCUT2D eigenvalue weighted by Crippen LogP contribution is 2.42. The van der Waals surface area contributed by atoms with Gasteiger partial charge in [0.2, 0.25) is 0 Å². The molecule has 36 heavy (non-hydrogen) atoms. The molecule has 4 aromatic heterocycles. The topological polar surface area (TPSA) is 17.3 Å². The van der Waals surface area contributed by atoms with Gasteiger partial charge in [-0.15, -0.1) is 11.3 Å². The minimum absolute atomic E-state index is 1.10. The van der Waals surface area contributed by atoms with Crippen molar-refractivity contribution in [3.05, 3.63) is 109 Å². The van der Waals surface area contributed by atoms with E-state index in [0.717, 1.165) is 5.52 Å². The molecule has 0 atom stereocenters. The fraction of sp³-hybridized carbons (Fsp3) is 0. The molecule has 0 N–H and O–H groups in total. The van der Waals surface area contributed by atoms with Crippen LogP contribution in [0.3, 0.4) is 0 Å². The molecule has 4 heterocycles. The summed E-state index contributed by atoms with van der Waals surface area (Å²) in [6.07, 6.45) is 1.89. The molecule has 2 nitrogen and oxygen atoms in total. The van der Waals surface area contributed by atoms with Gasteiger partial charge in [0.25, 0.3) is 0 Å². The maximum atomic E-state index is 4.67. The van der Waals surface area contributed by atoms with E-state index in [1.807, 2.05) is 23.6 Å². The lowest BCUT2D eigenvalue weighted by atomic mass is 9.98. The summed E-state index contributed by atoms with van der Waals surface area (Å²) in [5.74, 6) is 0. The van der Waals surface area contributed by atoms with Gasteiger partial charge in [0, 0.05) is 37.8 Å². The normalized spacial score (nSPS) is 12.4. The third-order valence-electron chi connectivity index (χ3n) is 7.76. The Hall–Kier alpha value is -4.47. The summed E-state index contributed by atoms with van der Waals surface area (Å²) in [5, 5.41) is 9.11. The molecule has 0 aliphatic carbocycles. The SMILES string of the molecule is c1cnc2c(c1)sc1ccc(-c3ccc4c(c3)c3ccc5cccc6c7ccccc7n4c3c56)cc12. The van der Waals surface area contributed by atoms with Gasteiger partial charge >= 0.3 is 0 Å². The number of thiophene rings is 1. The maximum Gasteiger partial charge on any atom is 0.0888 e. The highest BCUT2D eigenvalue weighted by molar-refractivity contribution is 7.25. The number of hydrogen-bond donors (Lipinski definition) is 0. The van der Waals surface area contributed by atoms with Crippen LogP contribution in [0.2, 0.25) is 0 Å². The van der Waals surface area contributed by atoms with Crippen LogP contribution < -0.4 is 0 Å². The van der Waals surface area contributed by atoms with Crippen LogP contribution in [-0.4, -0.2) is 9.38 Å². The molecule has 9 aromatic rings. The van der Waals surface area contributed by atoms with Crippen LogP contribution in [-0.2, 0) is 0 Å². The summed E-state index contributed by atoms with van der Waals surface area (Å²) >= 11 is 1.81. The van der Waals surface area contributed by atoms with Crippen LogP contribution in [0.1, 0.15) is 0 Å². The number of rotatable bonds is 1. The summed E-state index contributed by atoms with van der Waals surface area (Å²) in [4.78, 5) is 4.67. The van der Waals surface area contributed by atoms with Crippen molar-refractivity contribution in [3.8, 4) is 11.1 Å². The van der Waals surface area contributed by atoms with Crippen LogP contribution in [0.5, 0.6) is 0 Å². The number of para-hydroxylation sites is 1. The van der Waals surface area contributed by atoms with Crippen molar-refractivity contribution in [2.24, 2.45) is 0 Å². The number of fused-ring (bicyclic) bond motifs is 9. The van der Waals surface area contributed by atoms with Gasteiger partial charge < -0.3 is 4.40 Å². The number of aromatic nitrogens is 2. The van der Waals surface area contributed by atoms with Crippen LogP contribution in [0.4, 0.5) is 0 Å². The minimum Gasteiger partial charge on any atom is -0.308 e. The predicted octanol–water partition coefficient (Wildman–Crippen LogP) is 9.42. The van der Waals surface area contributed by atoms with Crippen molar-refractivity contribution in [1.82, 2.24) is 9.38 Å². The standard InChI is InChI=1S/C33H18N2S/c1-2-8-27-22(6-1)23-7-3-5-19-10-13-24-25-17-20(11-14-28(25)35(27)33(24)31(19)23)21-12-15-29-26(18-21)32-30(36-29)9-4-16-34-32/h1-18H. The summed E-state index contributed by atoms with van der Waals surface area (Å²) in [5.41, 5.74) is 7.39. The van der Waals surface area contributed by atoms with Crippen molar-refractivity contribution in [2.75, 3.05) is 0 Å². The van der Waals surface area contributed by atoms with E-state index in [0.29, 0.717) is 0 Å². The van der Waals surface area contributed by atoms with Crippen LogP contribution >= 0.6 is 11.3 Å². The predicted molar refractivity (Wildman–Crippen MR) is 155 cm³/mol. The molecule has 0 amide bonds. The Morgan fingerprint density at radius 2 is 1.39 bits per heavy atom. The van der Waals surface area contributed by atoms with Gasteiger partial charge in [0.1, 0.15) is 0 Å². The van der Waals surface area contributed by atoms with Gasteiger partial charge in [-0.05, 0) is 64.4 Å². The van der Waals surface area contributed by atoms with Crippen molar-refractivity contribution < 1.29 is 0 Å². The first-order valence-electron chi connectivity index (χ1n) is 12.2. The molecule has 0 aliphatic rings. The average molecular weight is 475 g/mol. The van der Waals surface area contributed by atoms with E-state index in [9.17, 15) is 0 Å². The Morgan fingerprint density at radius 3 is 2.36 bits per heavy atom. The van der Waals surface area contributed by atoms with E-state index in [1.165, 1.54) is 74.8 Å². The molecule has 0 fully saturated rings. The highest BCUT2D eigenvalue weighted by atomic mass is 32.1. The smallest absolute Gasteiger partial charge is 0.0888 e. The second-order valence-corrected chi connectivity index (χ2v) is 10.7. The molecule has 166 valence electrons. The lowest BCUT2D eigenvalue weighted by molar-refractivity contribution is 1.35. The minimum atomic E-state index is 1.10. The molecule has 0 unspecified atom stereocenters. The van der Waals surface area contributed by atoms with Crippen molar-refractivity contribution in [2.45, 2.75) is 0 Å². The summed E-state index contributed by atoms with van der Waals surface area (Å²) < 4.78 is 4.99. The van der Waals surface area contributed by atoms with Crippen LogP contribution in [0.25, 0.3) is 80.3 Å². The molecular weight excluding hydrogens is 456 g/mol. The number of hydrogen-bond acceptors (Lipinski definition) is 2. The van der Waals surface area contributed by atoms with Gasteiger partial charge in [-0.1, -0.05) is 60.7 Å². The maximum absolute atomic E-state index is 4.67. The molecule has 0 bridgehead atoms. The first kappa shape index (κ1) is 18.8.